The number of nitrogens with zero attached hydrogens (tertiary/aromatic N) is 1. The summed E-state index contributed by atoms with van der Waals surface area (Å²) in [6, 6.07) is 14.9. The Morgan fingerprint density at radius 2 is 2.04 bits per heavy atom. The number of benzene rings is 1. The Morgan fingerprint density at radius 1 is 1.17 bits per heavy atom. The Bertz CT molecular complexity index is 801. The lowest BCUT2D eigenvalue weighted by Gasteiger charge is -2.12. The van der Waals surface area contributed by atoms with Crippen molar-refractivity contribution in [2.75, 3.05) is 17.2 Å². The van der Waals surface area contributed by atoms with Crippen LogP contribution >= 0.6 is 11.3 Å². The summed E-state index contributed by atoms with van der Waals surface area (Å²) in [6.45, 7) is 2.54. The number of amides is 1. The predicted molar refractivity (Wildman–Crippen MR) is 97.4 cm³/mol. The van der Waals surface area contributed by atoms with E-state index in [1.165, 1.54) is 11.3 Å². The van der Waals surface area contributed by atoms with E-state index in [-0.39, 0.29) is 5.91 Å². The molecule has 0 bridgehead atoms. The van der Waals surface area contributed by atoms with E-state index in [0.29, 0.717) is 23.0 Å². The fourth-order valence-corrected chi connectivity index (χ4v) is 2.75. The van der Waals surface area contributed by atoms with E-state index in [1.54, 1.807) is 12.3 Å². The molecular weight excluding hydrogens is 322 g/mol. The first-order valence-corrected chi connectivity index (χ1v) is 8.44. The van der Waals surface area contributed by atoms with Crippen molar-refractivity contribution < 1.29 is 9.53 Å². The van der Waals surface area contributed by atoms with Gasteiger partial charge in [0.2, 0.25) is 0 Å². The van der Waals surface area contributed by atoms with Crippen LogP contribution in [0.15, 0.2) is 60.1 Å². The van der Waals surface area contributed by atoms with Crippen LogP contribution < -0.4 is 15.4 Å². The maximum Gasteiger partial charge on any atom is 0.265 e. The number of aromatic nitrogens is 1. The largest absolute Gasteiger partial charge is 0.492 e. The second kappa shape index (κ2) is 7.61. The van der Waals surface area contributed by atoms with Crippen LogP contribution in [0.2, 0.25) is 0 Å². The van der Waals surface area contributed by atoms with Crippen LogP contribution in [0.1, 0.15) is 16.6 Å². The van der Waals surface area contributed by atoms with Crippen LogP contribution in [0.5, 0.6) is 5.75 Å². The lowest BCUT2D eigenvalue weighted by Crippen LogP contribution is -2.10. The second-order valence-corrected chi connectivity index (χ2v) is 5.87. The molecule has 2 heterocycles. The van der Waals surface area contributed by atoms with E-state index < -0.39 is 0 Å². The maximum atomic E-state index is 12.0. The van der Waals surface area contributed by atoms with Crippen LogP contribution in [0, 0.1) is 0 Å². The van der Waals surface area contributed by atoms with Crippen molar-refractivity contribution in [3.8, 4) is 5.75 Å². The summed E-state index contributed by atoms with van der Waals surface area (Å²) in [6.07, 6.45) is 1.62. The average molecular weight is 339 g/mol. The number of hydrogen-bond acceptors (Lipinski definition) is 5. The van der Waals surface area contributed by atoms with Gasteiger partial charge >= 0.3 is 0 Å². The van der Waals surface area contributed by atoms with Crippen LogP contribution in [-0.2, 0) is 0 Å². The molecule has 0 saturated heterocycles. The molecule has 3 rings (SSSR count). The summed E-state index contributed by atoms with van der Waals surface area (Å²) in [7, 11) is 0. The van der Waals surface area contributed by atoms with Gasteiger partial charge in [0.05, 0.1) is 29.1 Å². The SMILES string of the molecule is CCOc1ccccc1Nc1ccc(NC(=O)c2cccs2)cn1. The molecule has 0 fully saturated rings. The van der Waals surface area contributed by atoms with E-state index in [1.807, 2.05) is 54.8 Å². The van der Waals surface area contributed by atoms with E-state index in [2.05, 4.69) is 15.6 Å². The average Bonchev–Trinajstić information content (AvgIpc) is 3.13. The molecule has 0 radical (unpaired) electrons. The summed E-state index contributed by atoms with van der Waals surface area (Å²) in [5.74, 6) is 1.32. The standard InChI is InChI=1S/C18H17N3O2S/c1-2-23-15-7-4-3-6-14(15)21-17-10-9-13(12-19-17)20-18(22)16-8-5-11-24-16/h3-12H,2H2,1H3,(H,19,21)(H,20,22). The molecule has 3 aromatic rings. The number of carbonyl (C=O) groups excluding carboxylic acids is 1. The number of carbonyl (C=O) groups is 1. The smallest absolute Gasteiger partial charge is 0.265 e. The summed E-state index contributed by atoms with van der Waals surface area (Å²) < 4.78 is 5.58. The highest BCUT2D eigenvalue weighted by atomic mass is 32.1. The fraction of sp³-hybridized carbons (Fsp3) is 0.111. The van der Waals surface area contributed by atoms with Gasteiger partial charge in [-0.05, 0) is 42.6 Å². The Kier molecular flexibility index (Phi) is 5.08. The van der Waals surface area contributed by atoms with Crippen LogP contribution in [0.4, 0.5) is 17.2 Å². The number of ether oxygens (including phenoxy) is 1. The molecule has 2 N–H and O–H groups in total. The second-order valence-electron chi connectivity index (χ2n) is 4.92. The lowest BCUT2D eigenvalue weighted by atomic mass is 10.3. The molecule has 1 aromatic carbocycles. The van der Waals surface area contributed by atoms with E-state index in [0.717, 1.165) is 11.4 Å². The minimum absolute atomic E-state index is 0.130. The molecule has 0 unspecified atom stereocenters. The zero-order valence-corrected chi connectivity index (χ0v) is 14.0. The van der Waals surface area contributed by atoms with Gasteiger partial charge in [-0.2, -0.15) is 0 Å². The van der Waals surface area contributed by atoms with Gasteiger partial charge in [0.15, 0.2) is 0 Å². The fourth-order valence-electron chi connectivity index (χ4n) is 2.13. The zero-order valence-electron chi connectivity index (χ0n) is 13.2. The number of hydrogen-bond donors (Lipinski definition) is 2. The minimum atomic E-state index is -0.130. The Hall–Kier alpha value is -2.86. The van der Waals surface area contributed by atoms with Gasteiger partial charge in [-0.25, -0.2) is 4.98 Å². The molecule has 2 aromatic heterocycles. The number of nitrogens with one attached hydrogen (secondary N) is 2. The summed E-state index contributed by atoms with van der Waals surface area (Å²) in [4.78, 5) is 17.0. The monoisotopic (exact) mass is 339 g/mol. The first-order chi connectivity index (χ1) is 11.8. The highest BCUT2D eigenvalue weighted by Gasteiger charge is 2.08. The van der Waals surface area contributed by atoms with Gasteiger partial charge in [0.25, 0.3) is 5.91 Å². The van der Waals surface area contributed by atoms with Crippen molar-refractivity contribution in [1.29, 1.82) is 0 Å². The number of rotatable bonds is 6. The topological polar surface area (TPSA) is 63.2 Å². The van der Waals surface area contributed by atoms with Crippen molar-refractivity contribution in [3.05, 3.63) is 65.0 Å². The number of thiophene rings is 1. The van der Waals surface area contributed by atoms with Gasteiger partial charge < -0.3 is 15.4 Å². The van der Waals surface area contributed by atoms with Gasteiger partial charge in [-0.15, -0.1) is 11.3 Å². The zero-order chi connectivity index (χ0) is 16.8. The first kappa shape index (κ1) is 16.0. The van der Waals surface area contributed by atoms with Crippen LogP contribution in [-0.4, -0.2) is 17.5 Å². The summed E-state index contributed by atoms with van der Waals surface area (Å²) in [5.41, 5.74) is 1.50. The molecule has 5 nitrogen and oxygen atoms in total. The molecule has 6 heteroatoms. The van der Waals surface area contributed by atoms with Crippen LogP contribution in [0.3, 0.4) is 0 Å². The molecule has 0 aliphatic heterocycles. The molecule has 0 atom stereocenters. The van der Waals surface area contributed by atoms with E-state index in [9.17, 15) is 4.79 Å². The Labute approximate surface area is 144 Å². The van der Waals surface area contributed by atoms with Gasteiger partial charge in [-0.3, -0.25) is 4.79 Å². The van der Waals surface area contributed by atoms with Gasteiger partial charge in [-0.1, -0.05) is 18.2 Å². The van der Waals surface area contributed by atoms with Crippen molar-refractivity contribution in [2.45, 2.75) is 6.92 Å². The highest BCUT2D eigenvalue weighted by molar-refractivity contribution is 7.12. The molecular formula is C18H17N3O2S. The van der Waals surface area contributed by atoms with E-state index >= 15 is 0 Å². The molecule has 0 aliphatic carbocycles. The van der Waals surface area contributed by atoms with Gasteiger partial charge in [0.1, 0.15) is 11.6 Å². The Balaban J connectivity index is 1.68. The van der Waals surface area contributed by atoms with Gasteiger partial charge in [0, 0.05) is 0 Å². The molecule has 0 spiro atoms. The third-order valence-corrected chi connectivity index (χ3v) is 4.08. The highest BCUT2D eigenvalue weighted by Crippen LogP contribution is 2.27. The third kappa shape index (κ3) is 3.91. The van der Waals surface area contributed by atoms with Crippen LogP contribution in [0.25, 0.3) is 0 Å². The number of para-hydroxylation sites is 2. The first-order valence-electron chi connectivity index (χ1n) is 7.56. The molecule has 0 saturated carbocycles. The number of anilines is 3. The molecule has 24 heavy (non-hydrogen) atoms. The molecule has 122 valence electrons. The third-order valence-electron chi connectivity index (χ3n) is 3.22. The quantitative estimate of drug-likeness (QED) is 0.692. The minimum Gasteiger partial charge on any atom is -0.492 e. The summed E-state index contributed by atoms with van der Waals surface area (Å²) in [5, 5.41) is 7.91. The summed E-state index contributed by atoms with van der Waals surface area (Å²) >= 11 is 1.40. The van der Waals surface area contributed by atoms with Crippen molar-refractivity contribution >= 4 is 34.4 Å². The lowest BCUT2D eigenvalue weighted by molar-refractivity contribution is 0.103. The van der Waals surface area contributed by atoms with Crippen molar-refractivity contribution in [2.24, 2.45) is 0 Å². The van der Waals surface area contributed by atoms with Crippen molar-refractivity contribution in [3.63, 3.8) is 0 Å². The number of pyridine rings is 1. The molecule has 0 aliphatic rings. The predicted octanol–water partition coefficient (Wildman–Crippen LogP) is 4.54. The van der Waals surface area contributed by atoms with Crippen molar-refractivity contribution in [1.82, 2.24) is 4.98 Å². The van der Waals surface area contributed by atoms with E-state index in [4.69, 9.17) is 4.74 Å². The maximum absolute atomic E-state index is 12.0. The normalized spacial score (nSPS) is 10.2. The Morgan fingerprint density at radius 3 is 2.75 bits per heavy atom. The molecule has 1 amide bonds.